The monoisotopic (exact) mass is 312 g/mol. The van der Waals surface area contributed by atoms with Crippen molar-refractivity contribution in [2.45, 2.75) is 25.5 Å². The molecule has 1 fully saturated rings. The van der Waals surface area contributed by atoms with Gasteiger partial charge in [-0.05, 0) is 43.8 Å². The van der Waals surface area contributed by atoms with Crippen LogP contribution in [0.25, 0.3) is 11.0 Å². The van der Waals surface area contributed by atoms with Crippen LogP contribution in [-0.4, -0.2) is 22.3 Å². The molecule has 0 aliphatic carbocycles. The standard InChI is InChI=1S/C12H13BrN2OS/c1-7-10(4-5-16-7)15-11-3-2-8(13)6-9(11)14-12(15)17/h2-3,6-7,10H,4-5H2,1H3,(H,14,17). The molecule has 1 aromatic carbocycles. The highest BCUT2D eigenvalue weighted by molar-refractivity contribution is 9.10. The zero-order valence-electron chi connectivity index (χ0n) is 9.44. The van der Waals surface area contributed by atoms with Crippen molar-refractivity contribution >= 4 is 39.2 Å². The fourth-order valence-electron chi connectivity index (χ4n) is 2.49. The van der Waals surface area contributed by atoms with Gasteiger partial charge in [0, 0.05) is 11.1 Å². The third-order valence-electron chi connectivity index (χ3n) is 3.35. The smallest absolute Gasteiger partial charge is 0.178 e. The van der Waals surface area contributed by atoms with E-state index >= 15 is 0 Å². The van der Waals surface area contributed by atoms with Gasteiger partial charge in [-0.1, -0.05) is 15.9 Å². The van der Waals surface area contributed by atoms with E-state index in [1.54, 1.807) is 0 Å². The summed E-state index contributed by atoms with van der Waals surface area (Å²) in [5, 5.41) is 0. The molecule has 0 amide bonds. The van der Waals surface area contributed by atoms with Crippen LogP contribution in [0.4, 0.5) is 0 Å². The van der Waals surface area contributed by atoms with E-state index < -0.39 is 0 Å². The Morgan fingerprint density at radius 1 is 1.53 bits per heavy atom. The van der Waals surface area contributed by atoms with E-state index in [2.05, 4.69) is 44.5 Å². The number of rotatable bonds is 1. The van der Waals surface area contributed by atoms with Crippen molar-refractivity contribution < 1.29 is 4.74 Å². The predicted molar refractivity (Wildman–Crippen MR) is 73.9 cm³/mol. The van der Waals surface area contributed by atoms with Crippen LogP contribution < -0.4 is 0 Å². The largest absolute Gasteiger partial charge is 0.376 e. The number of H-pyrrole nitrogens is 1. The zero-order valence-corrected chi connectivity index (χ0v) is 11.8. The maximum atomic E-state index is 5.63. The van der Waals surface area contributed by atoms with Crippen LogP contribution in [0, 0.1) is 4.77 Å². The second-order valence-electron chi connectivity index (χ2n) is 4.39. The average molecular weight is 313 g/mol. The fraction of sp³-hybridized carbons (Fsp3) is 0.417. The highest BCUT2D eigenvalue weighted by Gasteiger charge is 2.27. The normalized spacial score (nSPS) is 24.6. The van der Waals surface area contributed by atoms with Crippen LogP contribution in [0.3, 0.4) is 0 Å². The summed E-state index contributed by atoms with van der Waals surface area (Å²) >= 11 is 8.90. The van der Waals surface area contributed by atoms with E-state index in [0.717, 1.165) is 33.3 Å². The van der Waals surface area contributed by atoms with Gasteiger partial charge in [0.2, 0.25) is 0 Å². The van der Waals surface area contributed by atoms with Gasteiger partial charge in [-0.3, -0.25) is 0 Å². The second-order valence-corrected chi connectivity index (χ2v) is 5.70. The van der Waals surface area contributed by atoms with E-state index in [-0.39, 0.29) is 6.10 Å². The molecule has 90 valence electrons. The molecule has 17 heavy (non-hydrogen) atoms. The molecule has 0 saturated carbocycles. The number of fused-ring (bicyclic) bond motifs is 1. The van der Waals surface area contributed by atoms with Gasteiger partial charge < -0.3 is 14.3 Å². The first kappa shape index (κ1) is 11.4. The number of nitrogens with zero attached hydrogens (tertiary/aromatic N) is 1. The number of aromatic amines is 1. The highest BCUT2D eigenvalue weighted by Crippen LogP contribution is 2.30. The maximum Gasteiger partial charge on any atom is 0.178 e. The number of imidazole rings is 1. The lowest BCUT2D eigenvalue weighted by atomic mass is 10.1. The lowest BCUT2D eigenvalue weighted by molar-refractivity contribution is 0.108. The molecule has 1 aliphatic heterocycles. The summed E-state index contributed by atoms with van der Waals surface area (Å²) in [6, 6.07) is 6.54. The molecule has 1 aliphatic rings. The highest BCUT2D eigenvalue weighted by atomic mass is 79.9. The molecule has 2 aromatic rings. The Morgan fingerprint density at radius 2 is 2.35 bits per heavy atom. The summed E-state index contributed by atoms with van der Waals surface area (Å²) in [5.74, 6) is 0. The van der Waals surface area contributed by atoms with Crippen molar-refractivity contribution in [3.63, 3.8) is 0 Å². The minimum absolute atomic E-state index is 0.226. The summed E-state index contributed by atoms with van der Waals surface area (Å²) in [4.78, 5) is 3.26. The van der Waals surface area contributed by atoms with Crippen LogP contribution in [0.1, 0.15) is 19.4 Å². The first-order valence-electron chi connectivity index (χ1n) is 5.68. The van der Waals surface area contributed by atoms with E-state index in [9.17, 15) is 0 Å². The average Bonchev–Trinajstić information content (AvgIpc) is 2.80. The molecular formula is C12H13BrN2OS. The van der Waals surface area contributed by atoms with Crippen LogP contribution in [0.5, 0.6) is 0 Å². The Kier molecular flexibility index (Phi) is 2.84. The Hall–Kier alpha value is -0.650. The third-order valence-corrected chi connectivity index (χ3v) is 4.14. The van der Waals surface area contributed by atoms with Gasteiger partial charge in [-0.15, -0.1) is 0 Å². The van der Waals surface area contributed by atoms with Crippen molar-refractivity contribution in [3.8, 4) is 0 Å². The zero-order chi connectivity index (χ0) is 12.0. The molecule has 1 aromatic heterocycles. The number of aromatic nitrogens is 2. The van der Waals surface area contributed by atoms with E-state index in [1.807, 2.05) is 6.07 Å². The van der Waals surface area contributed by atoms with Crippen LogP contribution in [0.15, 0.2) is 22.7 Å². The summed E-state index contributed by atoms with van der Waals surface area (Å²) < 4.78 is 9.65. The number of hydrogen-bond acceptors (Lipinski definition) is 2. The van der Waals surface area contributed by atoms with Gasteiger partial charge in [-0.25, -0.2) is 0 Å². The topological polar surface area (TPSA) is 29.9 Å². The first-order chi connectivity index (χ1) is 8.16. The molecule has 1 saturated heterocycles. The quantitative estimate of drug-likeness (QED) is 0.811. The Morgan fingerprint density at radius 3 is 3.06 bits per heavy atom. The number of benzene rings is 1. The molecule has 2 atom stereocenters. The molecule has 0 radical (unpaired) electrons. The van der Waals surface area contributed by atoms with E-state index in [4.69, 9.17) is 17.0 Å². The minimum Gasteiger partial charge on any atom is -0.376 e. The number of halogens is 1. The molecule has 0 spiro atoms. The van der Waals surface area contributed by atoms with Crippen molar-refractivity contribution in [3.05, 3.63) is 27.4 Å². The summed E-state index contributed by atoms with van der Waals surface area (Å²) in [5.41, 5.74) is 2.23. The van der Waals surface area contributed by atoms with Crippen molar-refractivity contribution in [2.75, 3.05) is 6.61 Å². The van der Waals surface area contributed by atoms with Crippen LogP contribution in [0.2, 0.25) is 0 Å². The maximum absolute atomic E-state index is 5.63. The molecule has 2 heterocycles. The van der Waals surface area contributed by atoms with Crippen LogP contribution >= 0.6 is 28.1 Å². The fourth-order valence-corrected chi connectivity index (χ4v) is 3.20. The van der Waals surface area contributed by atoms with Crippen molar-refractivity contribution in [1.29, 1.82) is 0 Å². The minimum atomic E-state index is 0.226. The molecule has 2 unspecified atom stereocenters. The summed E-state index contributed by atoms with van der Waals surface area (Å²) in [6.07, 6.45) is 1.25. The SMILES string of the molecule is CC1OCCC1n1c(=S)[nH]c2cc(Br)ccc21. The van der Waals surface area contributed by atoms with Gasteiger partial charge in [-0.2, -0.15) is 0 Å². The van der Waals surface area contributed by atoms with Crippen molar-refractivity contribution in [2.24, 2.45) is 0 Å². The van der Waals surface area contributed by atoms with Crippen LogP contribution in [-0.2, 0) is 4.74 Å². The lowest BCUT2D eigenvalue weighted by Gasteiger charge is -2.16. The van der Waals surface area contributed by atoms with Gasteiger partial charge in [0.15, 0.2) is 4.77 Å². The number of nitrogens with one attached hydrogen (secondary N) is 1. The van der Waals surface area contributed by atoms with Gasteiger partial charge >= 0.3 is 0 Å². The number of ether oxygens (including phenoxy) is 1. The molecule has 3 nitrogen and oxygen atoms in total. The lowest BCUT2D eigenvalue weighted by Crippen LogP contribution is -2.16. The van der Waals surface area contributed by atoms with Gasteiger partial charge in [0.1, 0.15) is 0 Å². The molecule has 1 N–H and O–H groups in total. The molecule has 0 bridgehead atoms. The third kappa shape index (κ3) is 1.86. The predicted octanol–water partition coefficient (Wildman–Crippen LogP) is 3.81. The Balaban J connectivity index is 2.22. The van der Waals surface area contributed by atoms with E-state index in [0.29, 0.717) is 6.04 Å². The van der Waals surface area contributed by atoms with E-state index in [1.165, 1.54) is 0 Å². The molecule has 3 rings (SSSR count). The summed E-state index contributed by atoms with van der Waals surface area (Å²) in [7, 11) is 0. The first-order valence-corrected chi connectivity index (χ1v) is 6.88. The Labute approximate surface area is 113 Å². The van der Waals surface area contributed by atoms with Crippen molar-refractivity contribution in [1.82, 2.24) is 9.55 Å². The summed E-state index contributed by atoms with van der Waals surface area (Å²) in [6.45, 7) is 2.92. The second kappa shape index (κ2) is 4.23. The van der Waals surface area contributed by atoms with Gasteiger partial charge in [0.25, 0.3) is 0 Å². The molecular weight excluding hydrogens is 300 g/mol. The number of hydrogen-bond donors (Lipinski definition) is 1. The van der Waals surface area contributed by atoms with Gasteiger partial charge in [0.05, 0.1) is 23.2 Å². The molecule has 5 heteroatoms. The Bertz CT molecular complexity index is 618.